The summed E-state index contributed by atoms with van der Waals surface area (Å²) in [5.74, 6) is 3.98. The Kier molecular flexibility index (Phi) is 6.33. The highest BCUT2D eigenvalue weighted by Gasteiger charge is 2.21. The van der Waals surface area contributed by atoms with Gasteiger partial charge in [0.2, 0.25) is 0 Å². The second-order valence-electron chi connectivity index (χ2n) is 4.76. The number of amides is 1. The maximum absolute atomic E-state index is 14.1. The number of nitrogen functional groups attached to an aromatic ring is 1. The Balaban J connectivity index is 2.94. The molecule has 1 rings (SSSR count). The molecule has 0 aliphatic rings. The van der Waals surface area contributed by atoms with Crippen LogP contribution >= 0.6 is 0 Å². The zero-order valence-corrected chi connectivity index (χ0v) is 12.2. The number of aromatic nitrogens is 1. The first-order valence-electron chi connectivity index (χ1n) is 6.56. The quantitative estimate of drug-likeness (QED) is 0.575. The fourth-order valence-electron chi connectivity index (χ4n) is 1.79. The molecule has 0 bridgehead atoms. The summed E-state index contributed by atoms with van der Waals surface area (Å²) in [4.78, 5) is 19.8. The fourth-order valence-corrected chi connectivity index (χ4v) is 1.79. The van der Waals surface area contributed by atoms with Crippen molar-refractivity contribution in [2.45, 2.75) is 13.3 Å². The molecule has 1 heterocycles. The Morgan fingerprint density at radius 3 is 2.65 bits per heavy atom. The van der Waals surface area contributed by atoms with Crippen molar-refractivity contribution >= 4 is 11.7 Å². The highest BCUT2D eigenvalue weighted by atomic mass is 19.1. The zero-order chi connectivity index (χ0) is 15.1. The van der Waals surface area contributed by atoms with Crippen LogP contribution in [0.2, 0.25) is 0 Å². The van der Waals surface area contributed by atoms with Crippen LogP contribution in [-0.2, 0) is 0 Å². The number of anilines is 1. The van der Waals surface area contributed by atoms with Crippen LogP contribution in [-0.4, -0.2) is 54.4 Å². The van der Waals surface area contributed by atoms with Crippen molar-refractivity contribution in [1.82, 2.24) is 14.8 Å². The van der Waals surface area contributed by atoms with Gasteiger partial charge in [-0.25, -0.2) is 15.2 Å². The molecule has 0 saturated carbocycles. The molecule has 1 aromatic heterocycles. The number of carbonyl (C=O) groups excluding carboxylic acids is 1. The summed E-state index contributed by atoms with van der Waals surface area (Å²) in [5.41, 5.74) is 2.13. The third-order valence-corrected chi connectivity index (χ3v) is 2.85. The van der Waals surface area contributed by atoms with Crippen molar-refractivity contribution in [3.8, 4) is 0 Å². The molecule has 7 heteroatoms. The number of hydrogen-bond acceptors (Lipinski definition) is 5. The van der Waals surface area contributed by atoms with Gasteiger partial charge in [0.1, 0.15) is 0 Å². The van der Waals surface area contributed by atoms with Gasteiger partial charge in [-0.2, -0.15) is 0 Å². The molecule has 0 atom stereocenters. The second-order valence-corrected chi connectivity index (χ2v) is 4.76. The molecule has 0 spiro atoms. The number of carbonyl (C=O) groups is 1. The van der Waals surface area contributed by atoms with Gasteiger partial charge >= 0.3 is 0 Å². The number of likely N-dealkylation sites (N-methyl/N-ethyl adjacent to an activating group) is 1. The van der Waals surface area contributed by atoms with Crippen LogP contribution in [0, 0.1) is 5.82 Å². The topological polar surface area (TPSA) is 74.5 Å². The van der Waals surface area contributed by atoms with E-state index in [4.69, 9.17) is 5.84 Å². The largest absolute Gasteiger partial charge is 0.337 e. The molecule has 1 amide bonds. The molecule has 20 heavy (non-hydrogen) atoms. The summed E-state index contributed by atoms with van der Waals surface area (Å²) < 4.78 is 14.1. The van der Waals surface area contributed by atoms with E-state index in [1.807, 2.05) is 25.9 Å². The van der Waals surface area contributed by atoms with Crippen LogP contribution in [0.4, 0.5) is 10.2 Å². The number of pyridine rings is 1. The lowest BCUT2D eigenvalue weighted by atomic mass is 10.2. The average Bonchev–Trinajstić information content (AvgIpc) is 2.42. The predicted octanol–water partition coefficient (Wildman–Crippen LogP) is 0.920. The third-order valence-electron chi connectivity index (χ3n) is 2.85. The molecule has 0 saturated heterocycles. The molecule has 0 aliphatic carbocycles. The summed E-state index contributed by atoms with van der Waals surface area (Å²) in [5, 5.41) is 0. The number of nitrogens with zero attached hydrogens (tertiary/aromatic N) is 3. The van der Waals surface area contributed by atoms with Crippen molar-refractivity contribution < 1.29 is 9.18 Å². The van der Waals surface area contributed by atoms with Crippen LogP contribution in [0.1, 0.15) is 23.7 Å². The van der Waals surface area contributed by atoms with E-state index in [0.29, 0.717) is 13.1 Å². The van der Waals surface area contributed by atoms with E-state index in [2.05, 4.69) is 10.4 Å². The van der Waals surface area contributed by atoms with Crippen molar-refractivity contribution in [3.63, 3.8) is 0 Å². The Hall–Kier alpha value is -1.73. The van der Waals surface area contributed by atoms with Gasteiger partial charge in [0.05, 0.1) is 5.56 Å². The number of nitrogens with two attached hydrogens (primary N) is 1. The van der Waals surface area contributed by atoms with Crippen LogP contribution in [0.3, 0.4) is 0 Å². The first-order chi connectivity index (χ1) is 9.51. The standard InChI is InChI=1S/C13H22FN5O/c1-4-7-19(9-8-18(2)3)13(20)10-5-6-16-12(17-15)11(10)14/h5-6H,4,7-9,15H2,1-3H3,(H,16,17). The van der Waals surface area contributed by atoms with E-state index in [-0.39, 0.29) is 17.3 Å². The molecule has 0 radical (unpaired) electrons. The predicted molar refractivity (Wildman–Crippen MR) is 76.8 cm³/mol. The van der Waals surface area contributed by atoms with Gasteiger partial charge in [0.25, 0.3) is 5.91 Å². The van der Waals surface area contributed by atoms with Gasteiger partial charge in [-0.1, -0.05) is 6.92 Å². The Morgan fingerprint density at radius 1 is 1.40 bits per heavy atom. The Labute approximate surface area is 118 Å². The van der Waals surface area contributed by atoms with E-state index >= 15 is 0 Å². The minimum Gasteiger partial charge on any atom is -0.337 e. The molecule has 0 unspecified atom stereocenters. The first-order valence-corrected chi connectivity index (χ1v) is 6.56. The SMILES string of the molecule is CCCN(CCN(C)C)C(=O)c1ccnc(NN)c1F. The molecular weight excluding hydrogens is 261 g/mol. The normalized spacial score (nSPS) is 10.7. The van der Waals surface area contributed by atoms with Gasteiger partial charge in [-0.3, -0.25) is 4.79 Å². The molecule has 0 aromatic carbocycles. The van der Waals surface area contributed by atoms with Crippen molar-refractivity contribution in [2.24, 2.45) is 5.84 Å². The van der Waals surface area contributed by atoms with Gasteiger partial charge in [-0.05, 0) is 26.6 Å². The van der Waals surface area contributed by atoms with Crippen molar-refractivity contribution in [2.75, 3.05) is 39.2 Å². The maximum Gasteiger partial charge on any atom is 0.257 e. The maximum atomic E-state index is 14.1. The average molecular weight is 283 g/mol. The molecule has 3 N–H and O–H groups in total. The minimum absolute atomic E-state index is 0.0137. The highest BCUT2D eigenvalue weighted by Crippen LogP contribution is 2.16. The number of rotatable bonds is 7. The Bertz CT molecular complexity index is 452. The molecule has 0 fully saturated rings. The van der Waals surface area contributed by atoms with E-state index < -0.39 is 5.82 Å². The van der Waals surface area contributed by atoms with Gasteiger partial charge in [0, 0.05) is 25.8 Å². The lowest BCUT2D eigenvalue weighted by Crippen LogP contribution is -2.37. The molecule has 6 nitrogen and oxygen atoms in total. The summed E-state index contributed by atoms with van der Waals surface area (Å²) >= 11 is 0. The number of nitrogens with one attached hydrogen (secondary N) is 1. The minimum atomic E-state index is -0.717. The monoisotopic (exact) mass is 283 g/mol. The second kappa shape index (κ2) is 7.76. The lowest BCUT2D eigenvalue weighted by Gasteiger charge is -2.24. The Morgan fingerprint density at radius 2 is 2.10 bits per heavy atom. The van der Waals surface area contributed by atoms with Gasteiger partial charge < -0.3 is 15.2 Å². The summed E-state index contributed by atoms with van der Waals surface area (Å²) in [6.45, 7) is 3.83. The van der Waals surface area contributed by atoms with Crippen molar-refractivity contribution in [1.29, 1.82) is 0 Å². The van der Waals surface area contributed by atoms with Gasteiger partial charge in [-0.15, -0.1) is 0 Å². The number of hydrogen-bond donors (Lipinski definition) is 2. The van der Waals surface area contributed by atoms with Gasteiger partial charge in [0.15, 0.2) is 11.6 Å². The van der Waals surface area contributed by atoms with Crippen LogP contribution in [0.15, 0.2) is 12.3 Å². The van der Waals surface area contributed by atoms with E-state index in [1.54, 1.807) is 4.90 Å². The van der Waals surface area contributed by atoms with E-state index in [0.717, 1.165) is 13.0 Å². The van der Waals surface area contributed by atoms with Crippen molar-refractivity contribution in [3.05, 3.63) is 23.6 Å². The lowest BCUT2D eigenvalue weighted by molar-refractivity contribution is 0.0740. The van der Waals surface area contributed by atoms with Crippen LogP contribution < -0.4 is 11.3 Å². The third kappa shape index (κ3) is 4.14. The fraction of sp³-hybridized carbons (Fsp3) is 0.538. The molecule has 112 valence electrons. The molecule has 1 aromatic rings. The molecular formula is C13H22FN5O. The summed E-state index contributed by atoms with van der Waals surface area (Å²) in [6.07, 6.45) is 2.18. The van der Waals surface area contributed by atoms with Crippen LogP contribution in [0.5, 0.6) is 0 Å². The number of hydrazine groups is 1. The molecule has 0 aliphatic heterocycles. The zero-order valence-electron chi connectivity index (χ0n) is 12.2. The first kappa shape index (κ1) is 16.3. The smallest absolute Gasteiger partial charge is 0.257 e. The van der Waals surface area contributed by atoms with E-state index in [1.165, 1.54) is 12.3 Å². The van der Waals surface area contributed by atoms with Crippen LogP contribution in [0.25, 0.3) is 0 Å². The summed E-state index contributed by atoms with van der Waals surface area (Å²) in [7, 11) is 3.86. The van der Waals surface area contributed by atoms with E-state index in [9.17, 15) is 9.18 Å². The summed E-state index contributed by atoms with van der Waals surface area (Å²) in [6, 6.07) is 1.37. The highest BCUT2D eigenvalue weighted by molar-refractivity contribution is 5.95. The number of halogens is 1.